The maximum Gasteiger partial charge on any atom is 0.141 e. The fourth-order valence-corrected chi connectivity index (χ4v) is 2.22. The lowest BCUT2D eigenvalue weighted by molar-refractivity contribution is 0.339. The van der Waals surface area contributed by atoms with Crippen LogP contribution in [0.25, 0.3) is 0 Å². The molecule has 0 aliphatic carbocycles. The molecule has 3 N–H and O–H groups in total. The first-order chi connectivity index (χ1) is 10.3. The first-order valence-corrected chi connectivity index (χ1v) is 7.10. The van der Waals surface area contributed by atoms with Crippen molar-refractivity contribution < 1.29 is 9.47 Å². The van der Waals surface area contributed by atoms with Crippen molar-refractivity contribution in [2.75, 3.05) is 25.6 Å². The van der Waals surface area contributed by atoms with Crippen molar-refractivity contribution in [1.82, 2.24) is 0 Å². The van der Waals surface area contributed by atoms with E-state index in [9.17, 15) is 0 Å². The minimum Gasteiger partial charge on any atom is -0.495 e. The molecule has 1 atom stereocenters. The Balaban J connectivity index is 2.21. The van der Waals surface area contributed by atoms with Gasteiger partial charge in [-0.05, 0) is 36.8 Å². The van der Waals surface area contributed by atoms with Gasteiger partial charge in [0, 0.05) is 6.54 Å². The van der Waals surface area contributed by atoms with E-state index in [4.69, 9.17) is 15.2 Å². The average Bonchev–Trinajstić information content (AvgIpc) is 2.53. The van der Waals surface area contributed by atoms with E-state index in [2.05, 4.69) is 5.32 Å². The van der Waals surface area contributed by atoms with Crippen molar-refractivity contribution in [3.05, 3.63) is 54.1 Å². The fourth-order valence-electron chi connectivity index (χ4n) is 2.22. The summed E-state index contributed by atoms with van der Waals surface area (Å²) in [6, 6.07) is 15.8. The predicted molar refractivity (Wildman–Crippen MR) is 86.0 cm³/mol. The number of rotatable bonds is 7. The zero-order chi connectivity index (χ0) is 15.1. The van der Waals surface area contributed by atoms with E-state index in [1.807, 2.05) is 55.5 Å². The summed E-state index contributed by atoms with van der Waals surface area (Å²) in [6.45, 7) is 3.10. The zero-order valence-corrected chi connectivity index (χ0v) is 12.5. The molecule has 0 saturated heterocycles. The van der Waals surface area contributed by atoms with Gasteiger partial charge in [0.25, 0.3) is 0 Å². The Labute approximate surface area is 125 Å². The van der Waals surface area contributed by atoms with Crippen molar-refractivity contribution in [2.24, 2.45) is 5.73 Å². The Kier molecular flexibility index (Phi) is 5.46. The molecule has 2 aromatic rings. The Morgan fingerprint density at radius 1 is 1.14 bits per heavy atom. The topological polar surface area (TPSA) is 56.5 Å². The molecule has 1 unspecified atom stereocenters. The minimum absolute atomic E-state index is 0.00158. The van der Waals surface area contributed by atoms with Crippen LogP contribution in [0.5, 0.6) is 11.5 Å². The molecule has 0 spiro atoms. The summed E-state index contributed by atoms with van der Waals surface area (Å²) >= 11 is 0. The quantitative estimate of drug-likeness (QED) is 0.820. The summed E-state index contributed by atoms with van der Waals surface area (Å²) in [6.07, 6.45) is 0. The van der Waals surface area contributed by atoms with E-state index < -0.39 is 0 Å². The second-order valence-electron chi connectivity index (χ2n) is 4.64. The normalized spacial score (nSPS) is 11.8. The highest BCUT2D eigenvalue weighted by Crippen LogP contribution is 2.28. The van der Waals surface area contributed by atoms with Crippen LogP contribution >= 0.6 is 0 Å². The molecular formula is C17H22N2O2. The van der Waals surface area contributed by atoms with Gasteiger partial charge in [-0.15, -0.1) is 0 Å². The van der Waals surface area contributed by atoms with Gasteiger partial charge >= 0.3 is 0 Å². The summed E-state index contributed by atoms with van der Waals surface area (Å²) in [5.74, 6) is 1.66. The van der Waals surface area contributed by atoms with Crippen LogP contribution in [0.2, 0.25) is 0 Å². The van der Waals surface area contributed by atoms with Crippen molar-refractivity contribution in [3.8, 4) is 11.5 Å². The van der Waals surface area contributed by atoms with E-state index in [1.165, 1.54) is 0 Å². The standard InChI is InChI=1S/C17H22N2O2/c1-3-21-14-8-6-7-13(11-14)16(12-18)19-15-9-4-5-10-17(15)20-2/h4-11,16,19H,3,12,18H2,1-2H3. The molecule has 0 amide bonds. The first-order valence-electron chi connectivity index (χ1n) is 7.10. The molecule has 0 fully saturated rings. The van der Waals surface area contributed by atoms with Crippen LogP contribution in [-0.4, -0.2) is 20.3 Å². The van der Waals surface area contributed by atoms with Crippen LogP contribution < -0.4 is 20.5 Å². The molecule has 0 heterocycles. The maximum atomic E-state index is 5.92. The summed E-state index contributed by atoms with van der Waals surface area (Å²) < 4.78 is 10.9. The van der Waals surface area contributed by atoms with Crippen molar-refractivity contribution >= 4 is 5.69 Å². The number of methoxy groups -OCH3 is 1. The molecule has 0 aromatic heterocycles. The lowest BCUT2D eigenvalue weighted by atomic mass is 10.1. The molecular weight excluding hydrogens is 264 g/mol. The van der Waals surface area contributed by atoms with Gasteiger partial charge in [-0.25, -0.2) is 0 Å². The van der Waals surface area contributed by atoms with E-state index in [-0.39, 0.29) is 6.04 Å². The summed E-state index contributed by atoms with van der Waals surface area (Å²) in [5, 5.41) is 3.43. The number of anilines is 1. The number of nitrogens with one attached hydrogen (secondary N) is 1. The highest BCUT2D eigenvalue weighted by atomic mass is 16.5. The molecule has 0 aliphatic rings. The second-order valence-corrected chi connectivity index (χ2v) is 4.64. The smallest absolute Gasteiger partial charge is 0.141 e. The largest absolute Gasteiger partial charge is 0.495 e. The Bertz CT molecular complexity index is 572. The molecule has 4 nitrogen and oxygen atoms in total. The van der Waals surface area contributed by atoms with Crippen molar-refractivity contribution in [3.63, 3.8) is 0 Å². The molecule has 4 heteroatoms. The highest BCUT2D eigenvalue weighted by molar-refractivity contribution is 5.57. The number of hydrogen-bond donors (Lipinski definition) is 2. The molecule has 0 aliphatic heterocycles. The van der Waals surface area contributed by atoms with E-state index in [0.717, 1.165) is 22.7 Å². The lowest BCUT2D eigenvalue weighted by Gasteiger charge is -2.20. The van der Waals surface area contributed by atoms with Gasteiger partial charge in [-0.2, -0.15) is 0 Å². The Morgan fingerprint density at radius 3 is 2.67 bits per heavy atom. The monoisotopic (exact) mass is 286 g/mol. The highest BCUT2D eigenvalue weighted by Gasteiger charge is 2.12. The van der Waals surface area contributed by atoms with Gasteiger partial charge in [0.2, 0.25) is 0 Å². The van der Waals surface area contributed by atoms with E-state index in [0.29, 0.717) is 13.2 Å². The Hall–Kier alpha value is -2.20. The number of benzene rings is 2. The molecule has 21 heavy (non-hydrogen) atoms. The van der Waals surface area contributed by atoms with Gasteiger partial charge in [-0.3, -0.25) is 0 Å². The van der Waals surface area contributed by atoms with Crippen LogP contribution in [0.3, 0.4) is 0 Å². The minimum atomic E-state index is 0.00158. The van der Waals surface area contributed by atoms with Crippen LogP contribution in [-0.2, 0) is 0 Å². The van der Waals surface area contributed by atoms with E-state index >= 15 is 0 Å². The first kappa shape index (κ1) is 15.2. The third-order valence-electron chi connectivity index (χ3n) is 3.24. The third kappa shape index (κ3) is 3.89. The number of hydrogen-bond acceptors (Lipinski definition) is 4. The average molecular weight is 286 g/mol. The molecule has 2 aromatic carbocycles. The molecule has 0 radical (unpaired) electrons. The Morgan fingerprint density at radius 2 is 1.95 bits per heavy atom. The van der Waals surface area contributed by atoms with Crippen molar-refractivity contribution in [1.29, 1.82) is 0 Å². The zero-order valence-electron chi connectivity index (χ0n) is 12.5. The maximum absolute atomic E-state index is 5.92. The van der Waals surface area contributed by atoms with Crippen molar-refractivity contribution in [2.45, 2.75) is 13.0 Å². The summed E-state index contributed by atoms with van der Waals surface area (Å²) in [5.41, 5.74) is 7.94. The van der Waals surface area contributed by atoms with Crippen LogP contribution in [0, 0.1) is 0 Å². The summed E-state index contributed by atoms with van der Waals surface area (Å²) in [4.78, 5) is 0. The molecule has 2 rings (SSSR count). The lowest BCUT2D eigenvalue weighted by Crippen LogP contribution is -2.21. The van der Waals surface area contributed by atoms with Gasteiger partial charge < -0.3 is 20.5 Å². The van der Waals surface area contributed by atoms with Gasteiger partial charge in [-0.1, -0.05) is 24.3 Å². The summed E-state index contributed by atoms with van der Waals surface area (Å²) in [7, 11) is 1.66. The predicted octanol–water partition coefficient (Wildman–Crippen LogP) is 3.21. The molecule has 0 saturated carbocycles. The fraction of sp³-hybridized carbons (Fsp3) is 0.294. The van der Waals surface area contributed by atoms with Gasteiger partial charge in [0.05, 0.1) is 25.4 Å². The number of nitrogens with two attached hydrogens (primary N) is 1. The van der Waals surface area contributed by atoms with Crippen LogP contribution in [0.15, 0.2) is 48.5 Å². The van der Waals surface area contributed by atoms with Gasteiger partial charge in [0.1, 0.15) is 11.5 Å². The molecule has 112 valence electrons. The number of ether oxygens (including phenoxy) is 2. The van der Waals surface area contributed by atoms with Crippen LogP contribution in [0.4, 0.5) is 5.69 Å². The number of para-hydroxylation sites is 2. The second kappa shape index (κ2) is 7.55. The van der Waals surface area contributed by atoms with Crippen LogP contribution in [0.1, 0.15) is 18.5 Å². The van der Waals surface area contributed by atoms with Gasteiger partial charge in [0.15, 0.2) is 0 Å². The third-order valence-corrected chi connectivity index (χ3v) is 3.24. The van der Waals surface area contributed by atoms with E-state index in [1.54, 1.807) is 7.11 Å². The molecule has 0 bridgehead atoms. The SMILES string of the molecule is CCOc1cccc(C(CN)Nc2ccccc2OC)c1.